The third kappa shape index (κ3) is 2.52. The van der Waals surface area contributed by atoms with Gasteiger partial charge in [0, 0.05) is 29.4 Å². The second-order valence-electron chi connectivity index (χ2n) is 4.28. The molecule has 0 saturated heterocycles. The Labute approximate surface area is 124 Å². The number of nitrogens with one attached hydrogen (secondary N) is 1. The summed E-state index contributed by atoms with van der Waals surface area (Å²) in [4.78, 5) is 15.6. The lowest BCUT2D eigenvalue weighted by molar-refractivity contribution is -0.384. The topological polar surface area (TPSA) is 81.7 Å². The van der Waals surface area contributed by atoms with Crippen molar-refractivity contribution >= 4 is 27.7 Å². The van der Waals surface area contributed by atoms with E-state index < -0.39 is 4.92 Å². The van der Waals surface area contributed by atoms with Crippen molar-refractivity contribution in [3.05, 3.63) is 51.7 Å². The van der Waals surface area contributed by atoms with Gasteiger partial charge in [-0.15, -0.1) is 11.3 Å². The molecule has 1 N–H and O–H groups in total. The average Bonchev–Trinajstić information content (AvgIpc) is 3.06. The summed E-state index contributed by atoms with van der Waals surface area (Å²) >= 11 is 1.52. The third-order valence-corrected chi connectivity index (χ3v) is 3.79. The van der Waals surface area contributed by atoms with E-state index in [1.165, 1.54) is 23.5 Å². The summed E-state index contributed by atoms with van der Waals surface area (Å²) in [6.45, 7) is 0.461. The lowest BCUT2D eigenvalue weighted by atomic mass is 10.3. The quantitative estimate of drug-likeness (QED) is 0.579. The molecule has 0 spiro atoms. The predicted molar refractivity (Wildman–Crippen MR) is 80.0 cm³/mol. The molecule has 7 nitrogen and oxygen atoms in total. The minimum atomic E-state index is -0.415. The Hall–Kier alpha value is -2.61. The Bertz CT molecular complexity index is 796. The number of anilines is 1. The number of aromatic nitrogens is 2. The highest BCUT2D eigenvalue weighted by atomic mass is 32.1. The zero-order chi connectivity index (χ0) is 14.8. The number of thiazole rings is 1. The molecule has 2 aromatic heterocycles. The fraction of sp³-hybridized carbons (Fsp3) is 0.154. The first-order chi connectivity index (χ1) is 10.2. The first-order valence-corrected chi connectivity index (χ1v) is 7.04. The van der Waals surface area contributed by atoms with Gasteiger partial charge in [0.05, 0.1) is 18.6 Å². The van der Waals surface area contributed by atoms with Crippen LogP contribution in [0.2, 0.25) is 0 Å². The zero-order valence-electron chi connectivity index (χ0n) is 11.1. The minimum Gasteiger partial charge on any atom is -0.480 e. The van der Waals surface area contributed by atoms with Gasteiger partial charge in [0.2, 0.25) is 5.88 Å². The zero-order valence-corrected chi connectivity index (χ0v) is 12.0. The molecule has 1 aromatic carbocycles. The van der Waals surface area contributed by atoms with Crippen LogP contribution in [0.4, 0.5) is 11.4 Å². The van der Waals surface area contributed by atoms with Crippen molar-refractivity contribution < 1.29 is 9.66 Å². The molecule has 0 aliphatic heterocycles. The molecule has 21 heavy (non-hydrogen) atoms. The summed E-state index contributed by atoms with van der Waals surface area (Å²) in [5.74, 6) is 0.555. The van der Waals surface area contributed by atoms with Crippen LogP contribution in [0.3, 0.4) is 0 Å². The van der Waals surface area contributed by atoms with Crippen molar-refractivity contribution in [3.63, 3.8) is 0 Å². The Morgan fingerprint density at radius 2 is 2.38 bits per heavy atom. The molecule has 0 atom stereocenters. The maximum Gasteiger partial charge on any atom is 0.271 e. The number of nitro groups is 1. The monoisotopic (exact) mass is 304 g/mol. The van der Waals surface area contributed by atoms with Crippen LogP contribution in [-0.4, -0.2) is 21.4 Å². The van der Waals surface area contributed by atoms with E-state index in [0.29, 0.717) is 18.1 Å². The van der Waals surface area contributed by atoms with Crippen molar-refractivity contribution in [1.29, 1.82) is 0 Å². The lowest BCUT2D eigenvalue weighted by Crippen LogP contribution is -2.04. The molecule has 0 unspecified atom stereocenters. The van der Waals surface area contributed by atoms with E-state index in [0.717, 1.165) is 10.7 Å². The molecular weight excluding hydrogens is 292 g/mol. The van der Waals surface area contributed by atoms with Gasteiger partial charge in [0.1, 0.15) is 5.69 Å². The van der Waals surface area contributed by atoms with Gasteiger partial charge in [0.15, 0.2) is 4.96 Å². The van der Waals surface area contributed by atoms with Gasteiger partial charge in [-0.25, -0.2) is 0 Å². The van der Waals surface area contributed by atoms with E-state index in [4.69, 9.17) is 4.74 Å². The molecule has 8 heteroatoms. The highest BCUT2D eigenvalue weighted by molar-refractivity contribution is 7.15. The summed E-state index contributed by atoms with van der Waals surface area (Å²) in [6, 6.07) is 6.39. The van der Waals surface area contributed by atoms with E-state index in [1.807, 2.05) is 16.0 Å². The standard InChI is InChI=1S/C13H12N4O3S/c1-20-12-11(16-5-6-21-13(16)15-12)8-14-9-3-2-4-10(7-9)17(18)19/h2-7,14H,8H2,1H3. The number of fused-ring (bicyclic) bond motifs is 1. The van der Waals surface area contributed by atoms with Crippen molar-refractivity contribution in [3.8, 4) is 5.88 Å². The Morgan fingerprint density at radius 1 is 1.52 bits per heavy atom. The summed E-state index contributed by atoms with van der Waals surface area (Å²) in [6.07, 6.45) is 1.92. The lowest BCUT2D eigenvalue weighted by Gasteiger charge is -2.07. The predicted octanol–water partition coefficient (Wildman–Crippen LogP) is 2.92. The number of methoxy groups -OCH3 is 1. The van der Waals surface area contributed by atoms with Crippen molar-refractivity contribution in [2.75, 3.05) is 12.4 Å². The Balaban J connectivity index is 1.84. The molecule has 0 aliphatic carbocycles. The summed E-state index contributed by atoms with van der Waals surface area (Å²) < 4.78 is 7.20. The van der Waals surface area contributed by atoms with Crippen molar-refractivity contribution in [2.24, 2.45) is 0 Å². The molecule has 0 bridgehead atoms. The summed E-state index contributed by atoms with van der Waals surface area (Å²) in [7, 11) is 1.57. The molecule has 0 saturated carbocycles. The maximum atomic E-state index is 10.8. The van der Waals surface area contributed by atoms with Gasteiger partial charge in [-0.05, 0) is 6.07 Å². The minimum absolute atomic E-state index is 0.0564. The molecule has 3 aromatic rings. The number of non-ortho nitro benzene ring substituents is 1. The summed E-state index contributed by atoms with van der Waals surface area (Å²) in [5, 5.41) is 15.9. The van der Waals surface area contributed by atoms with Crippen LogP contribution >= 0.6 is 11.3 Å². The fourth-order valence-corrected chi connectivity index (χ4v) is 2.78. The molecule has 108 valence electrons. The first kappa shape index (κ1) is 13.4. The normalized spacial score (nSPS) is 10.7. The van der Waals surface area contributed by atoms with Crippen LogP contribution in [0.15, 0.2) is 35.8 Å². The number of hydrogen-bond acceptors (Lipinski definition) is 6. The number of rotatable bonds is 5. The van der Waals surface area contributed by atoms with Gasteiger partial charge in [0.25, 0.3) is 5.69 Å². The number of nitrogens with zero attached hydrogens (tertiary/aromatic N) is 3. The SMILES string of the molecule is COc1nc2sccn2c1CNc1cccc([N+](=O)[O-])c1. The van der Waals surface area contributed by atoms with Gasteiger partial charge >= 0.3 is 0 Å². The number of nitro benzene ring substituents is 1. The van der Waals surface area contributed by atoms with E-state index in [9.17, 15) is 10.1 Å². The third-order valence-electron chi connectivity index (χ3n) is 3.03. The maximum absolute atomic E-state index is 10.8. The molecule has 0 aliphatic rings. The number of ether oxygens (including phenoxy) is 1. The Kier molecular flexibility index (Phi) is 3.44. The van der Waals surface area contributed by atoms with Crippen LogP contribution in [0.5, 0.6) is 5.88 Å². The summed E-state index contributed by atoms with van der Waals surface area (Å²) in [5.41, 5.74) is 1.61. The first-order valence-electron chi connectivity index (χ1n) is 6.16. The molecule has 3 rings (SSSR count). The molecular formula is C13H12N4O3S. The number of imidazole rings is 1. The van der Waals surface area contributed by atoms with Gasteiger partial charge in [-0.1, -0.05) is 6.07 Å². The van der Waals surface area contributed by atoms with E-state index in [-0.39, 0.29) is 5.69 Å². The largest absolute Gasteiger partial charge is 0.480 e. The number of hydrogen-bond donors (Lipinski definition) is 1. The molecule has 0 amide bonds. The highest BCUT2D eigenvalue weighted by Gasteiger charge is 2.13. The smallest absolute Gasteiger partial charge is 0.271 e. The van der Waals surface area contributed by atoms with E-state index in [1.54, 1.807) is 19.2 Å². The molecule has 0 radical (unpaired) electrons. The van der Waals surface area contributed by atoms with Crippen LogP contribution in [0.1, 0.15) is 5.69 Å². The van der Waals surface area contributed by atoms with Crippen molar-refractivity contribution in [2.45, 2.75) is 6.54 Å². The van der Waals surface area contributed by atoms with Crippen LogP contribution in [-0.2, 0) is 6.54 Å². The van der Waals surface area contributed by atoms with Crippen LogP contribution in [0.25, 0.3) is 4.96 Å². The fourth-order valence-electron chi connectivity index (χ4n) is 2.05. The second kappa shape index (κ2) is 5.41. The average molecular weight is 304 g/mol. The van der Waals surface area contributed by atoms with Crippen molar-refractivity contribution in [1.82, 2.24) is 9.38 Å². The Morgan fingerprint density at radius 3 is 3.14 bits per heavy atom. The number of benzene rings is 1. The van der Waals surface area contributed by atoms with Crippen LogP contribution in [0, 0.1) is 10.1 Å². The van der Waals surface area contributed by atoms with Gasteiger partial charge in [-0.3, -0.25) is 14.5 Å². The van der Waals surface area contributed by atoms with Gasteiger partial charge < -0.3 is 10.1 Å². The van der Waals surface area contributed by atoms with E-state index >= 15 is 0 Å². The molecule has 2 heterocycles. The molecule has 0 fully saturated rings. The second-order valence-corrected chi connectivity index (χ2v) is 5.16. The van der Waals surface area contributed by atoms with Gasteiger partial charge in [-0.2, -0.15) is 4.98 Å². The van der Waals surface area contributed by atoms with E-state index in [2.05, 4.69) is 10.3 Å². The highest BCUT2D eigenvalue weighted by Crippen LogP contribution is 2.24. The van der Waals surface area contributed by atoms with Crippen LogP contribution < -0.4 is 10.1 Å².